The summed E-state index contributed by atoms with van der Waals surface area (Å²) in [7, 11) is 3.18. The van der Waals surface area contributed by atoms with Crippen LogP contribution in [0.2, 0.25) is 0 Å². The van der Waals surface area contributed by atoms with Crippen LogP contribution in [0.3, 0.4) is 0 Å². The van der Waals surface area contributed by atoms with Gasteiger partial charge in [0.05, 0.1) is 0 Å². The molecule has 0 aromatic heterocycles. The monoisotopic (exact) mass is 232 g/mol. The van der Waals surface area contributed by atoms with Gasteiger partial charge < -0.3 is 20.1 Å². The molecule has 2 amide bonds. The van der Waals surface area contributed by atoms with Gasteiger partial charge in [0.1, 0.15) is 0 Å². The summed E-state index contributed by atoms with van der Waals surface area (Å²) in [4.78, 5) is 22.3. The highest BCUT2D eigenvalue weighted by Gasteiger charge is 2.11. The fraction of sp³-hybridized carbons (Fsp3) is 0.800. The van der Waals surface area contributed by atoms with E-state index in [0.29, 0.717) is 39.1 Å². The lowest BCUT2D eigenvalue weighted by atomic mass is 10.4. The van der Waals surface area contributed by atoms with Gasteiger partial charge in [-0.2, -0.15) is 0 Å². The third-order valence-electron chi connectivity index (χ3n) is 1.83. The molecule has 0 atom stereocenters. The van der Waals surface area contributed by atoms with Crippen LogP contribution in [0.15, 0.2) is 0 Å². The normalized spacial score (nSPS) is 9.88. The smallest absolute Gasteiger partial charge is 0.309 e. The maximum atomic E-state index is 11.2. The molecule has 0 aromatic carbocycles. The van der Waals surface area contributed by atoms with Gasteiger partial charge in [0.25, 0.3) is 0 Å². The minimum Gasteiger partial charge on any atom is -0.385 e. The Morgan fingerprint density at radius 3 is 1.56 bits per heavy atom. The van der Waals surface area contributed by atoms with Crippen LogP contribution in [-0.2, 0) is 19.1 Å². The number of carbonyl (C=O) groups excluding carboxylic acids is 2. The molecule has 0 aliphatic rings. The number of carbonyl (C=O) groups is 2. The molecule has 0 aromatic rings. The first-order chi connectivity index (χ1) is 7.72. The Morgan fingerprint density at radius 2 is 1.25 bits per heavy atom. The van der Waals surface area contributed by atoms with Crippen LogP contribution >= 0.6 is 0 Å². The number of methoxy groups -OCH3 is 2. The van der Waals surface area contributed by atoms with Crippen LogP contribution in [0, 0.1) is 0 Å². The van der Waals surface area contributed by atoms with Crippen LogP contribution in [0.1, 0.15) is 12.8 Å². The molecule has 0 aliphatic heterocycles. The topological polar surface area (TPSA) is 76.7 Å². The maximum absolute atomic E-state index is 11.2. The summed E-state index contributed by atoms with van der Waals surface area (Å²) in [6.07, 6.45) is 1.39. The number of amides is 2. The van der Waals surface area contributed by atoms with Gasteiger partial charge in [-0.3, -0.25) is 9.59 Å². The molecule has 0 fully saturated rings. The van der Waals surface area contributed by atoms with Crippen molar-refractivity contribution in [2.45, 2.75) is 12.8 Å². The summed E-state index contributed by atoms with van der Waals surface area (Å²) < 4.78 is 9.62. The van der Waals surface area contributed by atoms with E-state index in [-0.39, 0.29) is 0 Å². The Morgan fingerprint density at radius 1 is 0.875 bits per heavy atom. The molecule has 0 aliphatic carbocycles. The SMILES string of the molecule is COCCCNC(=O)C(=O)NCCCOC. The lowest BCUT2D eigenvalue weighted by Crippen LogP contribution is -2.40. The standard InChI is InChI=1S/C10H20N2O4/c1-15-7-3-5-11-9(13)10(14)12-6-4-8-16-2/h3-8H2,1-2H3,(H,11,13)(H,12,14). The summed E-state index contributed by atoms with van der Waals surface area (Å²) in [5.41, 5.74) is 0. The molecule has 16 heavy (non-hydrogen) atoms. The first kappa shape index (κ1) is 14.9. The molecule has 0 radical (unpaired) electrons. The van der Waals surface area contributed by atoms with E-state index in [1.54, 1.807) is 14.2 Å². The van der Waals surface area contributed by atoms with E-state index in [1.807, 2.05) is 0 Å². The largest absolute Gasteiger partial charge is 0.385 e. The molecule has 0 saturated heterocycles. The predicted molar refractivity (Wildman–Crippen MR) is 59.0 cm³/mol. The van der Waals surface area contributed by atoms with Crippen LogP contribution in [-0.4, -0.2) is 52.3 Å². The van der Waals surface area contributed by atoms with E-state index < -0.39 is 11.8 Å². The predicted octanol–water partition coefficient (Wildman–Crippen LogP) is -0.708. The molecular formula is C10H20N2O4. The summed E-state index contributed by atoms with van der Waals surface area (Å²) >= 11 is 0. The maximum Gasteiger partial charge on any atom is 0.309 e. The molecule has 0 bridgehead atoms. The fourth-order valence-corrected chi connectivity index (χ4v) is 0.997. The highest BCUT2D eigenvalue weighted by Crippen LogP contribution is 1.80. The average molecular weight is 232 g/mol. The quantitative estimate of drug-likeness (QED) is 0.428. The van der Waals surface area contributed by atoms with Gasteiger partial charge in [0, 0.05) is 40.5 Å². The van der Waals surface area contributed by atoms with Crippen molar-refractivity contribution in [1.29, 1.82) is 0 Å². The van der Waals surface area contributed by atoms with E-state index in [2.05, 4.69) is 10.6 Å². The Hall–Kier alpha value is -1.14. The Kier molecular flexibility index (Phi) is 9.64. The minimum atomic E-state index is -0.603. The van der Waals surface area contributed by atoms with Crippen LogP contribution in [0.4, 0.5) is 0 Å². The lowest BCUT2D eigenvalue weighted by molar-refractivity contribution is -0.139. The molecule has 0 saturated carbocycles. The van der Waals surface area contributed by atoms with Gasteiger partial charge in [0.2, 0.25) is 0 Å². The Bertz CT molecular complexity index is 187. The molecule has 0 unspecified atom stereocenters. The zero-order valence-electron chi connectivity index (χ0n) is 9.88. The second-order valence-corrected chi connectivity index (χ2v) is 3.20. The molecule has 6 heteroatoms. The number of nitrogens with one attached hydrogen (secondary N) is 2. The van der Waals surface area contributed by atoms with Gasteiger partial charge in [0.15, 0.2) is 0 Å². The number of rotatable bonds is 8. The summed E-state index contributed by atoms with van der Waals surface area (Å²) in [5, 5.41) is 4.99. The van der Waals surface area contributed by atoms with E-state index >= 15 is 0 Å². The first-order valence-electron chi connectivity index (χ1n) is 5.26. The van der Waals surface area contributed by atoms with Crippen molar-refractivity contribution >= 4 is 11.8 Å². The fourth-order valence-electron chi connectivity index (χ4n) is 0.997. The first-order valence-corrected chi connectivity index (χ1v) is 5.26. The highest BCUT2D eigenvalue weighted by atomic mass is 16.5. The Labute approximate surface area is 95.7 Å². The zero-order valence-corrected chi connectivity index (χ0v) is 9.88. The van der Waals surface area contributed by atoms with Gasteiger partial charge in [-0.15, -0.1) is 0 Å². The van der Waals surface area contributed by atoms with Crippen LogP contribution in [0.5, 0.6) is 0 Å². The number of hydrogen-bond donors (Lipinski definition) is 2. The second-order valence-electron chi connectivity index (χ2n) is 3.20. The van der Waals surface area contributed by atoms with E-state index in [0.717, 1.165) is 0 Å². The molecule has 94 valence electrons. The van der Waals surface area contributed by atoms with Crippen molar-refractivity contribution in [2.75, 3.05) is 40.5 Å². The average Bonchev–Trinajstić information content (AvgIpc) is 2.29. The van der Waals surface area contributed by atoms with Crippen molar-refractivity contribution < 1.29 is 19.1 Å². The molecule has 0 heterocycles. The van der Waals surface area contributed by atoms with Crippen molar-refractivity contribution in [3.63, 3.8) is 0 Å². The van der Waals surface area contributed by atoms with Crippen molar-refractivity contribution in [3.8, 4) is 0 Å². The van der Waals surface area contributed by atoms with Gasteiger partial charge in [-0.05, 0) is 12.8 Å². The van der Waals surface area contributed by atoms with Crippen LogP contribution < -0.4 is 10.6 Å². The zero-order chi connectivity index (χ0) is 12.2. The second kappa shape index (κ2) is 10.4. The van der Waals surface area contributed by atoms with E-state index in [1.165, 1.54) is 0 Å². The summed E-state index contributed by atoms with van der Waals surface area (Å²) in [5.74, 6) is -1.21. The van der Waals surface area contributed by atoms with Gasteiger partial charge >= 0.3 is 11.8 Å². The number of hydrogen-bond acceptors (Lipinski definition) is 4. The molecule has 6 nitrogen and oxygen atoms in total. The third kappa shape index (κ3) is 8.19. The third-order valence-corrected chi connectivity index (χ3v) is 1.83. The van der Waals surface area contributed by atoms with E-state index in [9.17, 15) is 9.59 Å². The Balaban J connectivity index is 3.46. The summed E-state index contributed by atoms with van der Waals surface area (Å²) in [6.45, 7) is 2.02. The van der Waals surface area contributed by atoms with Gasteiger partial charge in [-0.25, -0.2) is 0 Å². The molecule has 0 rings (SSSR count). The van der Waals surface area contributed by atoms with Crippen molar-refractivity contribution in [2.24, 2.45) is 0 Å². The molecule has 0 spiro atoms. The van der Waals surface area contributed by atoms with Crippen molar-refractivity contribution in [1.82, 2.24) is 10.6 Å². The van der Waals surface area contributed by atoms with Crippen LogP contribution in [0.25, 0.3) is 0 Å². The lowest BCUT2D eigenvalue weighted by Gasteiger charge is -2.05. The van der Waals surface area contributed by atoms with Crippen molar-refractivity contribution in [3.05, 3.63) is 0 Å². The highest BCUT2D eigenvalue weighted by molar-refractivity contribution is 6.35. The summed E-state index contributed by atoms with van der Waals surface area (Å²) in [6, 6.07) is 0. The van der Waals surface area contributed by atoms with Gasteiger partial charge in [-0.1, -0.05) is 0 Å². The minimum absolute atomic E-state index is 0.443. The number of ether oxygens (including phenoxy) is 2. The van der Waals surface area contributed by atoms with E-state index in [4.69, 9.17) is 9.47 Å². The molecule has 2 N–H and O–H groups in total. The molecular weight excluding hydrogens is 212 g/mol.